The number of nitrogens with zero attached hydrogens (tertiary/aromatic N) is 1. The second-order valence-electron chi connectivity index (χ2n) is 3.60. The molecule has 1 N–H and O–H groups in total. The predicted octanol–water partition coefficient (Wildman–Crippen LogP) is 1.58. The highest BCUT2D eigenvalue weighted by molar-refractivity contribution is 5.73. The summed E-state index contributed by atoms with van der Waals surface area (Å²) < 4.78 is 9.71. The van der Waals surface area contributed by atoms with E-state index in [9.17, 15) is 20.0 Å². The Morgan fingerprint density at radius 1 is 1.50 bits per heavy atom. The maximum Gasteiger partial charge on any atom is 0.315 e. The number of carbonyl (C=O) groups is 1. The van der Waals surface area contributed by atoms with Gasteiger partial charge in [0.15, 0.2) is 5.75 Å². The van der Waals surface area contributed by atoms with E-state index in [1.165, 1.54) is 20.1 Å². The maximum atomic E-state index is 10.9. The molecule has 0 saturated heterocycles. The monoisotopic (exact) mass is 255 g/mol. The van der Waals surface area contributed by atoms with Crippen molar-refractivity contribution in [3.05, 3.63) is 27.8 Å². The Morgan fingerprint density at radius 3 is 2.50 bits per heavy atom. The molecule has 1 aromatic carbocycles. The molecule has 7 heteroatoms. The third-order valence-corrected chi connectivity index (χ3v) is 2.20. The molecule has 1 aromatic rings. The zero-order valence-electron chi connectivity index (χ0n) is 10.2. The molecule has 0 saturated carbocycles. The van der Waals surface area contributed by atoms with E-state index in [1.54, 1.807) is 0 Å². The molecule has 98 valence electrons. The van der Waals surface area contributed by atoms with Crippen LogP contribution in [-0.2, 0) is 4.79 Å². The van der Waals surface area contributed by atoms with Gasteiger partial charge in [-0.05, 0) is 18.6 Å². The lowest BCUT2D eigenvalue weighted by Gasteiger charge is -2.12. The van der Waals surface area contributed by atoms with Gasteiger partial charge in [0.2, 0.25) is 5.75 Å². The average molecular weight is 255 g/mol. The van der Waals surface area contributed by atoms with Gasteiger partial charge >= 0.3 is 11.7 Å². The van der Waals surface area contributed by atoms with Crippen LogP contribution in [0.4, 0.5) is 5.69 Å². The third-order valence-electron chi connectivity index (χ3n) is 2.20. The summed E-state index contributed by atoms with van der Waals surface area (Å²) in [5.74, 6) is -0.934. The first-order valence-corrected chi connectivity index (χ1v) is 5.09. The summed E-state index contributed by atoms with van der Waals surface area (Å²) in [5.41, 5.74) is -0.130. The Labute approximate surface area is 103 Å². The second-order valence-corrected chi connectivity index (χ2v) is 3.60. The van der Waals surface area contributed by atoms with Crippen LogP contribution >= 0.6 is 0 Å². The van der Waals surface area contributed by atoms with E-state index in [1.807, 2.05) is 0 Å². The molecular weight excluding hydrogens is 242 g/mol. The van der Waals surface area contributed by atoms with E-state index in [2.05, 4.69) is 0 Å². The first-order valence-electron chi connectivity index (χ1n) is 5.09. The smallest absolute Gasteiger partial charge is 0.315 e. The maximum absolute atomic E-state index is 10.9. The highest BCUT2D eigenvalue weighted by Gasteiger charge is 2.24. The predicted molar refractivity (Wildman–Crippen MR) is 61.6 cm³/mol. The molecular formula is C11H13NO6. The summed E-state index contributed by atoms with van der Waals surface area (Å²) >= 11 is 0. The second kappa shape index (κ2) is 5.46. The van der Waals surface area contributed by atoms with Crippen molar-refractivity contribution >= 4 is 11.7 Å². The normalized spacial score (nSPS) is 11.8. The van der Waals surface area contributed by atoms with Gasteiger partial charge in [0, 0.05) is 13.0 Å². The van der Waals surface area contributed by atoms with Crippen molar-refractivity contribution in [1.82, 2.24) is 0 Å². The Bertz CT molecular complexity index is 483. The number of hydrogen-bond acceptors (Lipinski definition) is 6. The molecule has 7 nitrogen and oxygen atoms in total. The van der Waals surface area contributed by atoms with Crippen molar-refractivity contribution in [2.24, 2.45) is 0 Å². The number of rotatable bonds is 4. The minimum absolute atomic E-state index is 0.0234. The molecule has 1 rings (SSSR count). The van der Waals surface area contributed by atoms with Crippen LogP contribution in [0.25, 0.3) is 0 Å². The van der Waals surface area contributed by atoms with Crippen LogP contribution in [0, 0.1) is 10.1 Å². The van der Waals surface area contributed by atoms with Gasteiger partial charge in [0.1, 0.15) is 0 Å². The molecule has 0 fully saturated rings. The van der Waals surface area contributed by atoms with Crippen molar-refractivity contribution < 1.29 is 24.3 Å². The lowest BCUT2D eigenvalue weighted by Crippen LogP contribution is -2.07. The molecule has 0 aliphatic rings. The van der Waals surface area contributed by atoms with Crippen molar-refractivity contribution in [2.45, 2.75) is 20.0 Å². The molecule has 0 radical (unpaired) electrons. The Balaban J connectivity index is 3.45. The molecule has 18 heavy (non-hydrogen) atoms. The van der Waals surface area contributed by atoms with Crippen LogP contribution < -0.4 is 9.47 Å². The SMILES string of the molecule is COc1cc(C(C)O)cc([N+](=O)[O-])c1OC(C)=O. The number of aliphatic hydroxyl groups is 1. The Kier molecular flexibility index (Phi) is 4.22. The summed E-state index contributed by atoms with van der Waals surface area (Å²) in [6.45, 7) is 2.59. The highest BCUT2D eigenvalue weighted by Crippen LogP contribution is 2.39. The van der Waals surface area contributed by atoms with Gasteiger partial charge in [-0.2, -0.15) is 0 Å². The number of nitro benzene ring substituents is 1. The largest absolute Gasteiger partial charge is 0.493 e. The van der Waals surface area contributed by atoms with Crippen LogP contribution in [-0.4, -0.2) is 23.1 Å². The van der Waals surface area contributed by atoms with Crippen molar-refractivity contribution in [1.29, 1.82) is 0 Å². The lowest BCUT2D eigenvalue weighted by molar-refractivity contribution is -0.385. The number of carbonyl (C=O) groups excluding carboxylic acids is 1. The molecule has 1 unspecified atom stereocenters. The highest BCUT2D eigenvalue weighted by atomic mass is 16.6. The van der Waals surface area contributed by atoms with Gasteiger partial charge in [-0.25, -0.2) is 0 Å². The number of nitro groups is 1. The van der Waals surface area contributed by atoms with E-state index >= 15 is 0 Å². The molecule has 0 spiro atoms. The first kappa shape index (κ1) is 13.9. The average Bonchev–Trinajstić information content (AvgIpc) is 2.27. The molecule has 0 aromatic heterocycles. The molecule has 0 aliphatic heterocycles. The summed E-state index contributed by atoms with van der Waals surface area (Å²) in [6.07, 6.45) is -0.899. The van der Waals surface area contributed by atoms with E-state index in [-0.39, 0.29) is 11.5 Å². The zero-order chi connectivity index (χ0) is 13.9. The van der Waals surface area contributed by atoms with E-state index in [4.69, 9.17) is 9.47 Å². The van der Waals surface area contributed by atoms with Crippen molar-refractivity contribution in [3.8, 4) is 11.5 Å². The van der Waals surface area contributed by atoms with Crippen molar-refractivity contribution in [3.63, 3.8) is 0 Å². The van der Waals surface area contributed by atoms with Gasteiger partial charge in [-0.15, -0.1) is 0 Å². The summed E-state index contributed by atoms with van der Waals surface area (Å²) in [4.78, 5) is 21.1. The Hall–Kier alpha value is -2.15. The van der Waals surface area contributed by atoms with E-state index in [0.717, 1.165) is 13.0 Å². The van der Waals surface area contributed by atoms with Crippen LogP contribution in [0.2, 0.25) is 0 Å². The fourth-order valence-electron chi connectivity index (χ4n) is 1.38. The van der Waals surface area contributed by atoms with Crippen molar-refractivity contribution in [2.75, 3.05) is 7.11 Å². The Morgan fingerprint density at radius 2 is 2.11 bits per heavy atom. The minimum Gasteiger partial charge on any atom is -0.493 e. The van der Waals surface area contributed by atoms with E-state index < -0.39 is 22.7 Å². The number of methoxy groups -OCH3 is 1. The van der Waals surface area contributed by atoms with Gasteiger partial charge < -0.3 is 14.6 Å². The third kappa shape index (κ3) is 2.95. The minimum atomic E-state index is -0.899. The molecule has 0 aliphatic carbocycles. The first-order chi connectivity index (χ1) is 8.36. The summed E-state index contributed by atoms with van der Waals surface area (Å²) in [6, 6.07) is 2.53. The summed E-state index contributed by atoms with van der Waals surface area (Å²) in [7, 11) is 1.29. The van der Waals surface area contributed by atoms with Crippen LogP contribution in [0.15, 0.2) is 12.1 Å². The van der Waals surface area contributed by atoms with Gasteiger partial charge in [0.25, 0.3) is 0 Å². The van der Waals surface area contributed by atoms with E-state index in [0.29, 0.717) is 5.56 Å². The molecule has 0 bridgehead atoms. The number of benzene rings is 1. The van der Waals surface area contributed by atoms with Gasteiger partial charge in [-0.1, -0.05) is 0 Å². The zero-order valence-corrected chi connectivity index (χ0v) is 10.2. The fraction of sp³-hybridized carbons (Fsp3) is 0.364. The molecule has 0 heterocycles. The fourth-order valence-corrected chi connectivity index (χ4v) is 1.38. The topological polar surface area (TPSA) is 98.9 Å². The summed E-state index contributed by atoms with van der Waals surface area (Å²) in [5, 5.41) is 20.4. The number of aliphatic hydroxyl groups excluding tert-OH is 1. The quantitative estimate of drug-likeness (QED) is 0.379. The van der Waals surface area contributed by atoms with Gasteiger partial charge in [-0.3, -0.25) is 14.9 Å². The standard InChI is InChI=1S/C11H13NO6/c1-6(13)8-4-9(12(15)16)11(18-7(2)14)10(5-8)17-3/h4-6,13H,1-3H3. The molecule has 0 amide bonds. The van der Waals surface area contributed by atoms with Crippen LogP contribution in [0.1, 0.15) is 25.5 Å². The number of ether oxygens (including phenoxy) is 2. The van der Waals surface area contributed by atoms with Crippen LogP contribution in [0.5, 0.6) is 11.5 Å². The number of hydrogen-bond donors (Lipinski definition) is 1. The van der Waals surface area contributed by atoms with Gasteiger partial charge in [0.05, 0.1) is 18.1 Å². The molecule has 1 atom stereocenters. The van der Waals surface area contributed by atoms with Crippen LogP contribution in [0.3, 0.4) is 0 Å². The lowest BCUT2D eigenvalue weighted by atomic mass is 10.1. The number of esters is 1.